The number of amidine groups is 1. The minimum Gasteiger partial charge on any atom is -0.478 e. The minimum atomic E-state index is -1.03. The van der Waals surface area contributed by atoms with Crippen LogP contribution in [0.3, 0.4) is 0 Å². The van der Waals surface area contributed by atoms with Gasteiger partial charge in [0.1, 0.15) is 5.84 Å². The molecule has 0 spiro atoms. The molecule has 0 atom stereocenters. The first-order valence-corrected chi connectivity index (χ1v) is 8.25. The summed E-state index contributed by atoms with van der Waals surface area (Å²) in [6.45, 7) is 2.04. The second-order valence-corrected chi connectivity index (χ2v) is 5.70. The average Bonchev–Trinajstić information content (AvgIpc) is 3.02. The Morgan fingerprint density at radius 3 is 2.33 bits per heavy atom. The van der Waals surface area contributed by atoms with Crippen LogP contribution in [0.2, 0.25) is 0 Å². The van der Waals surface area contributed by atoms with E-state index >= 15 is 0 Å². The number of aliphatic imine (C=N–C) groups is 1. The summed E-state index contributed by atoms with van der Waals surface area (Å²) in [7, 11) is 0. The van der Waals surface area contributed by atoms with E-state index in [4.69, 9.17) is 9.84 Å². The second kappa shape index (κ2) is 7.69. The summed E-state index contributed by atoms with van der Waals surface area (Å²) < 4.78 is 4.93. The number of hydrazine groups is 1. The molecule has 138 valence electrons. The molecule has 8 heteroatoms. The van der Waals surface area contributed by atoms with Crippen LogP contribution in [0.4, 0.5) is 11.4 Å². The van der Waals surface area contributed by atoms with Gasteiger partial charge >= 0.3 is 11.9 Å². The van der Waals surface area contributed by atoms with Gasteiger partial charge in [-0.1, -0.05) is 0 Å². The SMILES string of the molecule is CCOC(=O)c1ccc(N=C2CC(=O)N(c3ccc(C(=O)O)cc3)N2)cc1. The smallest absolute Gasteiger partial charge is 0.338 e. The van der Waals surface area contributed by atoms with Crippen molar-refractivity contribution in [2.75, 3.05) is 11.6 Å². The van der Waals surface area contributed by atoms with Gasteiger partial charge in [-0.2, -0.15) is 0 Å². The summed E-state index contributed by atoms with van der Waals surface area (Å²) in [5, 5.41) is 10.3. The van der Waals surface area contributed by atoms with E-state index in [-0.39, 0.29) is 17.9 Å². The van der Waals surface area contributed by atoms with Gasteiger partial charge in [-0.25, -0.2) is 19.6 Å². The highest BCUT2D eigenvalue weighted by Gasteiger charge is 2.27. The third-order valence-corrected chi connectivity index (χ3v) is 3.82. The van der Waals surface area contributed by atoms with E-state index in [2.05, 4.69) is 10.4 Å². The Balaban J connectivity index is 1.72. The number of rotatable bonds is 5. The van der Waals surface area contributed by atoms with Crippen LogP contribution in [0.15, 0.2) is 53.5 Å². The highest BCUT2D eigenvalue weighted by molar-refractivity contribution is 6.14. The van der Waals surface area contributed by atoms with Gasteiger partial charge < -0.3 is 9.84 Å². The van der Waals surface area contributed by atoms with Gasteiger partial charge in [-0.3, -0.25) is 10.2 Å². The lowest BCUT2D eigenvalue weighted by Crippen LogP contribution is -2.35. The number of nitrogens with one attached hydrogen (secondary N) is 1. The molecule has 0 bridgehead atoms. The van der Waals surface area contributed by atoms with Crippen LogP contribution in [0.1, 0.15) is 34.1 Å². The maximum Gasteiger partial charge on any atom is 0.338 e. The van der Waals surface area contributed by atoms with Crippen molar-refractivity contribution >= 4 is 35.1 Å². The van der Waals surface area contributed by atoms with Crippen molar-refractivity contribution in [2.24, 2.45) is 4.99 Å². The first-order chi connectivity index (χ1) is 13.0. The molecule has 0 unspecified atom stereocenters. The van der Waals surface area contributed by atoms with E-state index in [1.807, 2.05) is 0 Å². The van der Waals surface area contributed by atoms with E-state index in [1.165, 1.54) is 17.1 Å². The number of esters is 1. The lowest BCUT2D eigenvalue weighted by molar-refractivity contribution is -0.116. The lowest BCUT2D eigenvalue weighted by atomic mass is 10.2. The van der Waals surface area contributed by atoms with Crippen LogP contribution >= 0.6 is 0 Å². The van der Waals surface area contributed by atoms with Gasteiger partial charge in [-0.05, 0) is 55.5 Å². The molecular weight excluding hydrogens is 350 g/mol. The number of amides is 1. The van der Waals surface area contributed by atoms with Crippen LogP contribution < -0.4 is 10.4 Å². The fraction of sp³-hybridized carbons (Fsp3) is 0.158. The number of benzene rings is 2. The molecular formula is C19H17N3O5. The molecule has 27 heavy (non-hydrogen) atoms. The van der Waals surface area contributed by atoms with Gasteiger partial charge in [0, 0.05) is 0 Å². The number of hydrogen-bond acceptors (Lipinski definition) is 5. The van der Waals surface area contributed by atoms with Crippen LogP contribution in [0.25, 0.3) is 0 Å². The molecule has 0 radical (unpaired) electrons. The zero-order valence-electron chi connectivity index (χ0n) is 14.5. The Labute approximate surface area is 155 Å². The predicted molar refractivity (Wildman–Crippen MR) is 98.1 cm³/mol. The van der Waals surface area contributed by atoms with Crippen LogP contribution in [0.5, 0.6) is 0 Å². The van der Waals surface area contributed by atoms with Crippen LogP contribution in [-0.4, -0.2) is 35.4 Å². The van der Waals surface area contributed by atoms with Crippen LogP contribution in [-0.2, 0) is 9.53 Å². The quantitative estimate of drug-likeness (QED) is 0.786. The average molecular weight is 367 g/mol. The molecule has 1 aliphatic rings. The first-order valence-electron chi connectivity index (χ1n) is 8.25. The molecule has 1 heterocycles. The van der Waals surface area contributed by atoms with Crippen molar-refractivity contribution in [1.82, 2.24) is 5.43 Å². The summed E-state index contributed by atoms with van der Waals surface area (Å²) in [5.41, 5.74) is 4.58. The first kappa shape index (κ1) is 18.1. The van der Waals surface area contributed by atoms with Gasteiger partial charge in [0.15, 0.2) is 0 Å². The maximum atomic E-state index is 12.2. The standard InChI is InChI=1S/C19H17N3O5/c1-2-27-19(26)13-3-7-14(8-4-13)20-16-11-17(23)22(21-16)15-9-5-12(6-10-15)18(24)25/h3-10H,2,11H2,1H3,(H,20,21)(H,24,25). The lowest BCUT2D eigenvalue weighted by Gasteiger charge is -2.16. The molecule has 2 aromatic carbocycles. The minimum absolute atomic E-state index is 0.0836. The fourth-order valence-corrected chi connectivity index (χ4v) is 2.52. The van der Waals surface area contributed by atoms with Gasteiger partial charge in [0.05, 0.1) is 35.5 Å². The molecule has 8 nitrogen and oxygen atoms in total. The zero-order valence-corrected chi connectivity index (χ0v) is 14.5. The highest BCUT2D eigenvalue weighted by atomic mass is 16.5. The molecule has 1 saturated heterocycles. The molecule has 1 aliphatic heterocycles. The Morgan fingerprint density at radius 2 is 1.74 bits per heavy atom. The Kier molecular flexibility index (Phi) is 5.16. The number of carboxylic acids is 1. The van der Waals surface area contributed by atoms with Crippen molar-refractivity contribution in [2.45, 2.75) is 13.3 Å². The molecule has 1 amide bonds. The molecule has 2 aromatic rings. The van der Waals surface area contributed by atoms with Gasteiger partial charge in [0.2, 0.25) is 0 Å². The summed E-state index contributed by atoms with van der Waals surface area (Å²) in [6, 6.07) is 12.5. The summed E-state index contributed by atoms with van der Waals surface area (Å²) >= 11 is 0. The normalized spacial score (nSPS) is 14.9. The monoisotopic (exact) mass is 367 g/mol. The summed E-state index contributed by atoms with van der Waals surface area (Å²) in [5.74, 6) is -1.19. The van der Waals surface area contributed by atoms with Crippen molar-refractivity contribution in [3.8, 4) is 0 Å². The number of anilines is 1. The summed E-state index contributed by atoms with van der Waals surface area (Å²) in [6.07, 6.45) is 0.0836. The number of carboxylic acid groups (broad SMARTS) is 1. The van der Waals surface area contributed by atoms with Crippen molar-refractivity contribution in [3.05, 3.63) is 59.7 Å². The van der Waals surface area contributed by atoms with E-state index < -0.39 is 11.9 Å². The van der Waals surface area contributed by atoms with Crippen molar-refractivity contribution < 1.29 is 24.2 Å². The van der Waals surface area contributed by atoms with E-state index in [1.54, 1.807) is 43.3 Å². The second-order valence-electron chi connectivity index (χ2n) is 5.70. The van der Waals surface area contributed by atoms with E-state index in [0.717, 1.165) is 0 Å². The van der Waals surface area contributed by atoms with Gasteiger partial charge in [0.25, 0.3) is 5.91 Å². The molecule has 1 fully saturated rings. The fourth-order valence-electron chi connectivity index (χ4n) is 2.52. The number of carbonyl (C=O) groups is 3. The topological polar surface area (TPSA) is 108 Å². The van der Waals surface area contributed by atoms with Crippen LogP contribution in [0, 0.1) is 0 Å². The number of aromatic carboxylic acids is 1. The van der Waals surface area contributed by atoms with Crippen molar-refractivity contribution in [1.29, 1.82) is 0 Å². The third kappa shape index (κ3) is 4.12. The molecule has 0 aliphatic carbocycles. The van der Waals surface area contributed by atoms with E-state index in [9.17, 15) is 14.4 Å². The summed E-state index contributed by atoms with van der Waals surface area (Å²) in [4.78, 5) is 39.2. The van der Waals surface area contributed by atoms with Crippen molar-refractivity contribution in [3.63, 3.8) is 0 Å². The largest absolute Gasteiger partial charge is 0.478 e. The number of carbonyl (C=O) groups excluding carboxylic acids is 2. The highest BCUT2D eigenvalue weighted by Crippen LogP contribution is 2.20. The molecule has 3 rings (SSSR count). The third-order valence-electron chi connectivity index (χ3n) is 3.82. The number of nitrogens with zero attached hydrogens (tertiary/aromatic N) is 2. The number of hydrogen-bond donors (Lipinski definition) is 2. The molecule has 0 saturated carbocycles. The molecule has 2 N–H and O–H groups in total. The number of ether oxygens (including phenoxy) is 1. The maximum absolute atomic E-state index is 12.2. The Hall–Kier alpha value is -3.68. The van der Waals surface area contributed by atoms with Gasteiger partial charge in [-0.15, -0.1) is 0 Å². The molecule has 0 aromatic heterocycles. The Morgan fingerprint density at radius 1 is 1.11 bits per heavy atom. The Bertz CT molecular complexity index is 904. The van der Waals surface area contributed by atoms with E-state index in [0.29, 0.717) is 29.4 Å². The predicted octanol–water partition coefficient (Wildman–Crippen LogP) is 2.53. The zero-order chi connectivity index (χ0) is 19.4.